The Balaban J connectivity index is 1.32. The summed E-state index contributed by atoms with van der Waals surface area (Å²) in [6, 6.07) is 15.5. The first-order chi connectivity index (χ1) is 18.0. The number of carbonyl (C=O) groups is 1. The van der Waals surface area contributed by atoms with E-state index in [1.165, 1.54) is 23.5 Å². The summed E-state index contributed by atoms with van der Waals surface area (Å²) in [5, 5.41) is 12.5. The van der Waals surface area contributed by atoms with E-state index in [4.69, 9.17) is 4.74 Å². The zero-order valence-electron chi connectivity index (χ0n) is 19.9. The molecule has 4 aromatic heterocycles. The fourth-order valence-electron chi connectivity index (χ4n) is 3.21. The Morgan fingerprint density at radius 3 is 2.59 bits per heavy atom. The third-order valence-electron chi connectivity index (χ3n) is 5.00. The largest absolute Gasteiger partial charge is 0.492 e. The second-order valence-corrected chi connectivity index (χ2v) is 10.6. The predicted octanol–water partition coefficient (Wildman–Crippen LogP) is 4.81. The lowest BCUT2D eigenvalue weighted by atomic mass is 10.3. The molecular weight excluding hydrogens is 529 g/mol. The molecule has 188 valence electrons. The molecule has 1 N–H and O–H groups in total. The highest BCUT2D eigenvalue weighted by Crippen LogP contribution is 2.34. The highest BCUT2D eigenvalue weighted by atomic mass is 32.2. The van der Waals surface area contributed by atoms with Crippen LogP contribution in [0.3, 0.4) is 0 Å². The average Bonchev–Trinajstić information content (AvgIpc) is 3.65. The van der Waals surface area contributed by atoms with Crippen molar-refractivity contribution < 1.29 is 9.53 Å². The maximum absolute atomic E-state index is 13.2. The topological polar surface area (TPSA) is 113 Å². The Bertz CT molecular complexity index is 1480. The summed E-state index contributed by atoms with van der Waals surface area (Å²) < 4.78 is 13.8. The van der Waals surface area contributed by atoms with Gasteiger partial charge in [0.05, 0.1) is 6.54 Å². The first-order valence-electron chi connectivity index (χ1n) is 11.2. The molecule has 5 aromatic rings. The van der Waals surface area contributed by atoms with E-state index in [1.807, 2.05) is 68.0 Å². The van der Waals surface area contributed by atoms with Crippen LogP contribution < -0.4 is 10.1 Å². The van der Waals surface area contributed by atoms with Gasteiger partial charge in [0.15, 0.2) is 5.16 Å². The maximum atomic E-state index is 13.2. The first-order valence-corrected chi connectivity index (χ1v) is 13.6. The lowest BCUT2D eigenvalue weighted by molar-refractivity contribution is 0.101. The Kier molecular flexibility index (Phi) is 7.82. The molecule has 0 fully saturated rings. The number of nitrogens with zero attached hydrogens (tertiary/aromatic N) is 7. The highest BCUT2D eigenvalue weighted by molar-refractivity contribution is 7.99. The molecule has 0 aliphatic carbocycles. The van der Waals surface area contributed by atoms with Crippen molar-refractivity contribution in [1.82, 2.24) is 33.7 Å². The number of hydrogen-bond donors (Lipinski definition) is 1. The molecular formula is C24H22N8O2S3. The molecule has 0 spiro atoms. The van der Waals surface area contributed by atoms with Gasteiger partial charge < -0.3 is 13.9 Å². The number of amides is 1. The Hall–Kier alpha value is -3.68. The number of hydrogen-bond acceptors (Lipinski definition) is 10. The monoisotopic (exact) mass is 550 g/mol. The summed E-state index contributed by atoms with van der Waals surface area (Å²) in [5.74, 6) is 1.03. The van der Waals surface area contributed by atoms with E-state index in [0.29, 0.717) is 32.6 Å². The lowest BCUT2D eigenvalue weighted by Crippen LogP contribution is -2.15. The number of aryl methyl sites for hydroxylation is 2. The summed E-state index contributed by atoms with van der Waals surface area (Å²) >= 11 is 3.91. The number of nitrogens with one attached hydrogen (secondary N) is 1. The number of pyridine rings is 1. The van der Waals surface area contributed by atoms with Gasteiger partial charge in [-0.15, -0.1) is 10.2 Å². The Morgan fingerprint density at radius 2 is 1.89 bits per heavy atom. The van der Waals surface area contributed by atoms with Crippen molar-refractivity contribution in [1.29, 1.82) is 0 Å². The molecule has 1 amide bonds. The molecule has 0 saturated carbocycles. The van der Waals surface area contributed by atoms with Crippen molar-refractivity contribution in [2.75, 3.05) is 11.9 Å². The summed E-state index contributed by atoms with van der Waals surface area (Å²) in [4.78, 5) is 23.8. The molecule has 10 nitrogen and oxygen atoms in total. The van der Waals surface area contributed by atoms with Crippen LogP contribution in [0.1, 0.15) is 16.3 Å². The van der Waals surface area contributed by atoms with Crippen molar-refractivity contribution in [3.8, 4) is 5.75 Å². The second-order valence-electron chi connectivity index (χ2n) is 7.77. The molecule has 0 bridgehead atoms. The van der Waals surface area contributed by atoms with Gasteiger partial charge >= 0.3 is 0 Å². The van der Waals surface area contributed by atoms with Gasteiger partial charge in [-0.1, -0.05) is 11.8 Å². The van der Waals surface area contributed by atoms with Crippen LogP contribution in [0, 0.1) is 6.92 Å². The number of aromatic nitrogens is 7. The van der Waals surface area contributed by atoms with E-state index >= 15 is 0 Å². The number of anilines is 1. The maximum Gasteiger partial charge on any atom is 0.277 e. The zero-order valence-corrected chi connectivity index (χ0v) is 22.4. The predicted molar refractivity (Wildman–Crippen MR) is 142 cm³/mol. The number of benzene rings is 1. The molecule has 5 rings (SSSR count). The second kappa shape index (κ2) is 11.6. The van der Waals surface area contributed by atoms with E-state index in [0.717, 1.165) is 28.7 Å². The van der Waals surface area contributed by atoms with Crippen molar-refractivity contribution >= 4 is 46.1 Å². The molecule has 0 aliphatic rings. The van der Waals surface area contributed by atoms with Crippen LogP contribution in [0.2, 0.25) is 0 Å². The molecule has 0 saturated heterocycles. The number of ether oxygens (including phenoxy) is 1. The zero-order chi connectivity index (χ0) is 25.6. The summed E-state index contributed by atoms with van der Waals surface area (Å²) in [5.41, 5.74) is 0.289. The van der Waals surface area contributed by atoms with E-state index in [2.05, 4.69) is 34.4 Å². The van der Waals surface area contributed by atoms with Gasteiger partial charge in [0.2, 0.25) is 5.13 Å². The van der Waals surface area contributed by atoms with Crippen LogP contribution in [0.4, 0.5) is 5.13 Å². The van der Waals surface area contributed by atoms with Gasteiger partial charge in [0.25, 0.3) is 5.91 Å². The summed E-state index contributed by atoms with van der Waals surface area (Å²) in [7, 11) is 1.85. The van der Waals surface area contributed by atoms with E-state index in [9.17, 15) is 4.79 Å². The van der Waals surface area contributed by atoms with E-state index in [1.54, 1.807) is 17.8 Å². The van der Waals surface area contributed by atoms with Crippen LogP contribution in [-0.2, 0) is 13.6 Å². The number of carbonyl (C=O) groups excluding carboxylic acids is 1. The van der Waals surface area contributed by atoms with Crippen molar-refractivity contribution in [3.63, 3.8) is 0 Å². The van der Waals surface area contributed by atoms with Gasteiger partial charge in [-0.25, -0.2) is 9.97 Å². The highest BCUT2D eigenvalue weighted by Gasteiger charge is 2.19. The van der Waals surface area contributed by atoms with E-state index < -0.39 is 0 Å². The fourth-order valence-corrected chi connectivity index (χ4v) is 5.42. The molecule has 1 aromatic carbocycles. The molecule has 37 heavy (non-hydrogen) atoms. The minimum Gasteiger partial charge on any atom is -0.492 e. The minimum absolute atomic E-state index is 0.289. The fraction of sp³-hybridized carbons (Fsp3) is 0.167. The standard InChI is InChI=1S/C24H22N8O2S3/c1-16-26-23(37-30-16)28-22(33)21-19(9-10-20(27-21)36-24-29-25-15-31(24)2)35-18-7-5-17(6-8-18)34-14-13-32-11-3-4-12-32/h3-12,15H,13-14H2,1-2H3,(H,26,28,30,33). The molecule has 4 heterocycles. The van der Waals surface area contributed by atoms with Crippen LogP contribution >= 0.6 is 35.1 Å². The van der Waals surface area contributed by atoms with Gasteiger partial charge in [-0.2, -0.15) is 4.37 Å². The summed E-state index contributed by atoms with van der Waals surface area (Å²) in [6.45, 7) is 3.13. The van der Waals surface area contributed by atoms with Crippen molar-refractivity contribution in [2.24, 2.45) is 7.05 Å². The van der Waals surface area contributed by atoms with Crippen molar-refractivity contribution in [3.05, 3.63) is 78.8 Å². The normalized spacial score (nSPS) is 11.0. The molecule has 0 unspecified atom stereocenters. The minimum atomic E-state index is -0.357. The first kappa shape index (κ1) is 25.0. The van der Waals surface area contributed by atoms with Gasteiger partial charge in [0.1, 0.15) is 35.2 Å². The average molecular weight is 551 g/mol. The van der Waals surface area contributed by atoms with Crippen molar-refractivity contribution in [2.45, 2.75) is 33.4 Å². The third kappa shape index (κ3) is 6.56. The van der Waals surface area contributed by atoms with E-state index in [-0.39, 0.29) is 11.6 Å². The molecule has 13 heteroatoms. The molecule has 0 atom stereocenters. The molecule has 0 radical (unpaired) electrons. The number of rotatable bonds is 10. The van der Waals surface area contributed by atoms with Gasteiger partial charge in [-0.05, 0) is 67.2 Å². The molecule has 0 aliphatic heterocycles. The Labute approximate surface area is 225 Å². The smallest absolute Gasteiger partial charge is 0.277 e. The third-order valence-corrected chi connectivity index (χ3v) is 7.77. The lowest BCUT2D eigenvalue weighted by Gasteiger charge is -2.11. The van der Waals surface area contributed by atoms with Crippen LogP contribution in [0.5, 0.6) is 5.75 Å². The van der Waals surface area contributed by atoms with Gasteiger partial charge in [0, 0.05) is 40.8 Å². The van der Waals surface area contributed by atoms with Crippen LogP contribution in [0.15, 0.2) is 87.2 Å². The SMILES string of the molecule is Cc1nsc(NC(=O)c2nc(Sc3nncn3C)ccc2Sc2ccc(OCCn3cccc3)cc2)n1. The van der Waals surface area contributed by atoms with Crippen LogP contribution in [0.25, 0.3) is 0 Å². The van der Waals surface area contributed by atoms with Gasteiger partial charge in [-0.3, -0.25) is 10.1 Å². The summed E-state index contributed by atoms with van der Waals surface area (Å²) in [6.07, 6.45) is 5.63. The van der Waals surface area contributed by atoms with Crippen LogP contribution in [-0.4, -0.2) is 46.2 Å². The Morgan fingerprint density at radius 1 is 1.08 bits per heavy atom. The quantitative estimate of drug-likeness (QED) is 0.262.